The van der Waals surface area contributed by atoms with Gasteiger partial charge in [0.15, 0.2) is 0 Å². The first kappa shape index (κ1) is 15.1. The Bertz CT molecular complexity index is 461. The molecule has 1 aromatic rings. The van der Waals surface area contributed by atoms with Gasteiger partial charge in [0, 0.05) is 6.04 Å². The van der Waals surface area contributed by atoms with Crippen LogP contribution in [0.25, 0.3) is 0 Å². The van der Waals surface area contributed by atoms with E-state index < -0.39 is 0 Å². The third kappa shape index (κ3) is 3.49. The van der Waals surface area contributed by atoms with E-state index in [2.05, 4.69) is 30.5 Å². The minimum atomic E-state index is 0.447. The van der Waals surface area contributed by atoms with Gasteiger partial charge in [-0.1, -0.05) is 44.4 Å². The first-order chi connectivity index (χ1) is 10.3. The van der Waals surface area contributed by atoms with Gasteiger partial charge in [0.1, 0.15) is 0 Å². The summed E-state index contributed by atoms with van der Waals surface area (Å²) in [5, 5.41) is 0. The summed E-state index contributed by atoms with van der Waals surface area (Å²) in [6, 6.07) is 7.55. The highest BCUT2D eigenvalue weighted by molar-refractivity contribution is 5.35. The first-order valence-corrected chi connectivity index (χ1v) is 8.87. The first-order valence-electron chi connectivity index (χ1n) is 8.87. The van der Waals surface area contributed by atoms with E-state index in [-0.39, 0.29) is 0 Å². The highest BCUT2D eigenvalue weighted by Gasteiger charge is 2.26. The summed E-state index contributed by atoms with van der Waals surface area (Å²) in [6.07, 6.45) is 11.8. The van der Waals surface area contributed by atoms with Crippen LogP contribution in [0.3, 0.4) is 0 Å². The Balaban J connectivity index is 1.62. The van der Waals surface area contributed by atoms with Gasteiger partial charge in [0.2, 0.25) is 0 Å². The standard InChI is InChI=1S/C19H30N2/c1-2-14-6-10-17(11-7-14)19(21-20)13-15-8-9-16-4-3-5-18(16)12-15/h8-9,12,14,17,19,21H,2-7,10-11,13,20H2,1H3. The largest absolute Gasteiger partial charge is 0.271 e. The van der Waals surface area contributed by atoms with Crippen LogP contribution >= 0.6 is 0 Å². The zero-order valence-electron chi connectivity index (χ0n) is 13.4. The monoisotopic (exact) mass is 286 g/mol. The Hall–Kier alpha value is -0.860. The zero-order valence-corrected chi connectivity index (χ0v) is 13.4. The topological polar surface area (TPSA) is 38.0 Å². The van der Waals surface area contributed by atoms with Crippen LogP contribution in [0.5, 0.6) is 0 Å². The van der Waals surface area contributed by atoms with E-state index in [1.54, 1.807) is 11.1 Å². The Morgan fingerprint density at radius 1 is 1.14 bits per heavy atom. The van der Waals surface area contributed by atoms with Crippen molar-refractivity contribution in [3.05, 3.63) is 34.9 Å². The molecule has 21 heavy (non-hydrogen) atoms. The molecule has 2 aliphatic rings. The number of aryl methyl sites for hydroxylation is 2. The second-order valence-corrected chi connectivity index (χ2v) is 7.12. The van der Waals surface area contributed by atoms with Crippen molar-refractivity contribution >= 4 is 0 Å². The van der Waals surface area contributed by atoms with E-state index in [1.165, 1.54) is 56.9 Å². The average molecular weight is 286 g/mol. The molecule has 1 unspecified atom stereocenters. The van der Waals surface area contributed by atoms with Crippen LogP contribution in [0.4, 0.5) is 0 Å². The lowest BCUT2D eigenvalue weighted by atomic mass is 9.76. The minimum absolute atomic E-state index is 0.447. The van der Waals surface area contributed by atoms with Gasteiger partial charge in [-0.05, 0) is 67.1 Å². The molecule has 3 rings (SSSR count). The lowest BCUT2D eigenvalue weighted by molar-refractivity contribution is 0.217. The van der Waals surface area contributed by atoms with E-state index >= 15 is 0 Å². The van der Waals surface area contributed by atoms with E-state index in [4.69, 9.17) is 5.84 Å². The maximum atomic E-state index is 5.88. The molecule has 0 heterocycles. The van der Waals surface area contributed by atoms with Crippen molar-refractivity contribution in [3.63, 3.8) is 0 Å². The van der Waals surface area contributed by atoms with E-state index in [1.807, 2.05) is 0 Å². The molecule has 0 aliphatic heterocycles. The molecular formula is C19H30N2. The molecule has 1 fully saturated rings. The average Bonchev–Trinajstić information content (AvgIpc) is 3.00. The van der Waals surface area contributed by atoms with Crippen LogP contribution in [0.15, 0.2) is 18.2 Å². The Kier molecular flexibility index (Phi) is 4.97. The molecule has 116 valence electrons. The molecular weight excluding hydrogens is 256 g/mol. The van der Waals surface area contributed by atoms with Gasteiger partial charge < -0.3 is 0 Å². The Labute approximate surface area is 129 Å². The molecule has 2 aliphatic carbocycles. The lowest BCUT2D eigenvalue weighted by Crippen LogP contribution is -2.43. The molecule has 0 saturated heterocycles. The van der Waals surface area contributed by atoms with Crippen molar-refractivity contribution < 1.29 is 0 Å². The van der Waals surface area contributed by atoms with Crippen LogP contribution in [-0.2, 0) is 19.3 Å². The van der Waals surface area contributed by atoms with Crippen LogP contribution in [0.1, 0.15) is 62.1 Å². The van der Waals surface area contributed by atoms with Gasteiger partial charge in [-0.3, -0.25) is 11.3 Å². The molecule has 3 N–H and O–H groups in total. The van der Waals surface area contributed by atoms with Crippen molar-refractivity contribution in [3.8, 4) is 0 Å². The smallest absolute Gasteiger partial charge is 0.0279 e. The molecule has 1 aromatic carbocycles. The number of hydrazine groups is 1. The zero-order chi connectivity index (χ0) is 14.7. The summed E-state index contributed by atoms with van der Waals surface area (Å²) < 4.78 is 0. The fraction of sp³-hybridized carbons (Fsp3) is 0.684. The predicted molar refractivity (Wildman–Crippen MR) is 89.0 cm³/mol. The van der Waals surface area contributed by atoms with Crippen LogP contribution in [-0.4, -0.2) is 6.04 Å². The number of rotatable bonds is 5. The number of hydrogen-bond donors (Lipinski definition) is 2. The summed E-state index contributed by atoms with van der Waals surface area (Å²) >= 11 is 0. The maximum absolute atomic E-state index is 5.88. The normalized spacial score (nSPS) is 26.6. The number of fused-ring (bicyclic) bond motifs is 1. The maximum Gasteiger partial charge on any atom is 0.0279 e. The van der Waals surface area contributed by atoms with Crippen molar-refractivity contribution in [1.29, 1.82) is 0 Å². The summed E-state index contributed by atoms with van der Waals surface area (Å²) in [5.74, 6) is 7.60. The van der Waals surface area contributed by atoms with E-state index in [0.29, 0.717) is 6.04 Å². The highest BCUT2D eigenvalue weighted by Crippen LogP contribution is 2.33. The third-order valence-electron chi connectivity index (χ3n) is 5.87. The van der Waals surface area contributed by atoms with Crippen LogP contribution < -0.4 is 11.3 Å². The highest BCUT2D eigenvalue weighted by atomic mass is 15.2. The van der Waals surface area contributed by atoms with Crippen molar-refractivity contribution in [2.75, 3.05) is 0 Å². The molecule has 0 aromatic heterocycles. The van der Waals surface area contributed by atoms with Crippen LogP contribution in [0.2, 0.25) is 0 Å². The van der Waals surface area contributed by atoms with Gasteiger partial charge in [-0.2, -0.15) is 0 Å². The molecule has 0 amide bonds. The van der Waals surface area contributed by atoms with Crippen molar-refractivity contribution in [2.45, 2.75) is 70.8 Å². The van der Waals surface area contributed by atoms with Crippen LogP contribution in [0, 0.1) is 11.8 Å². The Morgan fingerprint density at radius 2 is 1.90 bits per heavy atom. The molecule has 2 nitrogen and oxygen atoms in total. The second-order valence-electron chi connectivity index (χ2n) is 7.12. The number of benzene rings is 1. The second kappa shape index (κ2) is 6.93. The summed E-state index contributed by atoms with van der Waals surface area (Å²) in [7, 11) is 0. The fourth-order valence-electron chi connectivity index (χ4n) is 4.37. The molecule has 1 atom stereocenters. The molecule has 2 heteroatoms. The number of nitrogens with one attached hydrogen (secondary N) is 1. The SMILES string of the molecule is CCC1CCC(C(Cc2ccc3c(c2)CCC3)NN)CC1. The molecule has 0 radical (unpaired) electrons. The predicted octanol–water partition coefficient (Wildman–Crippen LogP) is 3.77. The van der Waals surface area contributed by atoms with Gasteiger partial charge in [-0.15, -0.1) is 0 Å². The van der Waals surface area contributed by atoms with Crippen molar-refractivity contribution in [1.82, 2.24) is 5.43 Å². The Morgan fingerprint density at radius 3 is 2.62 bits per heavy atom. The summed E-state index contributed by atoms with van der Waals surface area (Å²) in [5.41, 5.74) is 7.74. The number of hydrogen-bond acceptors (Lipinski definition) is 2. The molecule has 1 saturated carbocycles. The van der Waals surface area contributed by atoms with E-state index in [0.717, 1.165) is 18.3 Å². The fourth-order valence-corrected chi connectivity index (χ4v) is 4.37. The molecule has 0 spiro atoms. The number of nitrogens with two attached hydrogens (primary N) is 1. The molecule has 0 bridgehead atoms. The van der Waals surface area contributed by atoms with Gasteiger partial charge in [0.05, 0.1) is 0 Å². The minimum Gasteiger partial charge on any atom is -0.271 e. The quantitative estimate of drug-likeness (QED) is 0.639. The summed E-state index contributed by atoms with van der Waals surface area (Å²) in [6.45, 7) is 2.33. The van der Waals surface area contributed by atoms with Gasteiger partial charge in [0.25, 0.3) is 0 Å². The van der Waals surface area contributed by atoms with Crippen molar-refractivity contribution in [2.24, 2.45) is 17.7 Å². The van der Waals surface area contributed by atoms with Gasteiger partial charge in [-0.25, -0.2) is 0 Å². The summed E-state index contributed by atoms with van der Waals surface area (Å²) in [4.78, 5) is 0. The van der Waals surface area contributed by atoms with Gasteiger partial charge >= 0.3 is 0 Å². The van der Waals surface area contributed by atoms with E-state index in [9.17, 15) is 0 Å². The third-order valence-corrected chi connectivity index (χ3v) is 5.87. The lowest BCUT2D eigenvalue weighted by Gasteiger charge is -2.33.